The molecule has 148 valence electrons. The van der Waals surface area contributed by atoms with Crippen LogP contribution in [-0.4, -0.2) is 25.5 Å². The smallest absolute Gasteiger partial charge is 0.277 e. The molecule has 0 unspecified atom stereocenters. The predicted octanol–water partition coefficient (Wildman–Crippen LogP) is 3.96. The summed E-state index contributed by atoms with van der Waals surface area (Å²) >= 11 is 6.16. The van der Waals surface area contributed by atoms with E-state index in [0.717, 1.165) is 29.5 Å². The number of nitrogens with one attached hydrogen (secondary N) is 1. The monoisotopic (exact) mass is 415 g/mol. The zero-order valence-electron chi connectivity index (χ0n) is 15.0. The van der Waals surface area contributed by atoms with Gasteiger partial charge in [0.05, 0.1) is 28.0 Å². The van der Waals surface area contributed by atoms with Gasteiger partial charge in [0.2, 0.25) is 0 Å². The van der Waals surface area contributed by atoms with E-state index in [1.54, 1.807) is 23.7 Å². The van der Waals surface area contributed by atoms with Crippen LogP contribution in [0, 0.1) is 27.2 Å². The number of hydrogen-bond acceptors (Lipinski definition) is 6. The van der Waals surface area contributed by atoms with E-state index in [4.69, 9.17) is 11.6 Å². The number of anilines is 1. The van der Waals surface area contributed by atoms with Crippen molar-refractivity contribution in [3.8, 4) is 0 Å². The number of halogens is 1. The molecule has 3 aromatic rings. The first-order valence-corrected chi connectivity index (χ1v) is 8.65. The number of aryl methyl sites for hydroxylation is 1. The van der Waals surface area contributed by atoms with Crippen molar-refractivity contribution in [2.24, 2.45) is 0 Å². The van der Waals surface area contributed by atoms with Crippen LogP contribution in [0.2, 0.25) is 5.02 Å². The first-order chi connectivity index (χ1) is 13.7. The minimum Gasteiger partial charge on any atom is -0.305 e. The van der Waals surface area contributed by atoms with Crippen molar-refractivity contribution in [3.05, 3.63) is 90.6 Å². The topological polar surface area (TPSA) is 133 Å². The first-order valence-electron chi connectivity index (χ1n) is 8.27. The van der Waals surface area contributed by atoms with Crippen molar-refractivity contribution >= 4 is 34.7 Å². The second kappa shape index (κ2) is 8.07. The van der Waals surface area contributed by atoms with Crippen LogP contribution in [0.4, 0.5) is 17.2 Å². The minimum absolute atomic E-state index is 0.203. The van der Waals surface area contributed by atoms with Gasteiger partial charge < -0.3 is 5.32 Å². The molecule has 0 saturated heterocycles. The molecule has 0 bridgehead atoms. The fraction of sp³-hybridized carbons (Fsp3) is 0.111. The summed E-state index contributed by atoms with van der Waals surface area (Å²) in [5.41, 5.74) is 0.261. The average Bonchev–Trinajstić information content (AvgIpc) is 3.02. The summed E-state index contributed by atoms with van der Waals surface area (Å²) in [6.07, 6.45) is 0. The third kappa shape index (κ3) is 4.55. The van der Waals surface area contributed by atoms with Gasteiger partial charge in [-0.25, -0.2) is 0 Å². The molecule has 0 aliphatic heterocycles. The molecule has 11 heteroatoms. The predicted molar refractivity (Wildman–Crippen MR) is 105 cm³/mol. The highest BCUT2D eigenvalue weighted by molar-refractivity contribution is 6.31. The van der Waals surface area contributed by atoms with Gasteiger partial charge in [-0.15, -0.1) is 0 Å². The van der Waals surface area contributed by atoms with Gasteiger partial charge >= 0.3 is 0 Å². The van der Waals surface area contributed by atoms with Gasteiger partial charge in [0, 0.05) is 28.9 Å². The Morgan fingerprint density at radius 2 is 1.72 bits per heavy atom. The number of nitro benzene ring substituents is 2. The molecular weight excluding hydrogens is 402 g/mol. The molecule has 1 heterocycles. The van der Waals surface area contributed by atoms with Gasteiger partial charge in [0.25, 0.3) is 17.3 Å². The highest BCUT2D eigenvalue weighted by Gasteiger charge is 2.20. The quantitative estimate of drug-likeness (QED) is 0.478. The lowest BCUT2D eigenvalue weighted by atomic mass is 10.1. The summed E-state index contributed by atoms with van der Waals surface area (Å²) in [5.74, 6) is -0.548. The van der Waals surface area contributed by atoms with Crippen molar-refractivity contribution in [3.63, 3.8) is 0 Å². The number of nitro groups is 2. The van der Waals surface area contributed by atoms with Crippen LogP contribution in [0.15, 0.2) is 48.5 Å². The van der Waals surface area contributed by atoms with Crippen LogP contribution in [0.25, 0.3) is 0 Å². The minimum atomic E-state index is -0.799. The maximum absolute atomic E-state index is 12.5. The molecule has 1 N–H and O–H groups in total. The summed E-state index contributed by atoms with van der Waals surface area (Å²) in [7, 11) is 0. The lowest BCUT2D eigenvalue weighted by Gasteiger charge is -2.06. The molecule has 0 radical (unpaired) electrons. The van der Waals surface area contributed by atoms with E-state index in [9.17, 15) is 25.0 Å². The molecule has 0 fully saturated rings. The Bertz CT molecular complexity index is 1100. The van der Waals surface area contributed by atoms with Gasteiger partial charge in [-0.2, -0.15) is 5.10 Å². The SMILES string of the molecule is Cc1cc(NC(=O)c2cc([N+](=O)[O-])cc([N+](=O)[O-])c2)nn1Cc1ccccc1Cl. The molecule has 0 aliphatic rings. The molecule has 29 heavy (non-hydrogen) atoms. The number of carbonyl (C=O) groups is 1. The lowest BCUT2D eigenvalue weighted by Crippen LogP contribution is -2.13. The van der Waals surface area contributed by atoms with Crippen LogP contribution >= 0.6 is 11.6 Å². The van der Waals surface area contributed by atoms with E-state index in [2.05, 4.69) is 10.4 Å². The molecule has 0 atom stereocenters. The highest BCUT2D eigenvalue weighted by Crippen LogP contribution is 2.24. The zero-order valence-corrected chi connectivity index (χ0v) is 15.8. The molecule has 1 amide bonds. The molecule has 10 nitrogen and oxygen atoms in total. The maximum atomic E-state index is 12.5. The number of carbonyl (C=O) groups excluding carboxylic acids is 1. The number of amides is 1. The third-order valence-corrected chi connectivity index (χ3v) is 4.46. The molecule has 2 aromatic carbocycles. The number of hydrogen-bond donors (Lipinski definition) is 1. The highest BCUT2D eigenvalue weighted by atomic mass is 35.5. The van der Waals surface area contributed by atoms with Gasteiger partial charge in [-0.1, -0.05) is 29.8 Å². The summed E-state index contributed by atoms with van der Waals surface area (Å²) in [4.78, 5) is 32.8. The Kier molecular flexibility index (Phi) is 5.55. The van der Waals surface area contributed by atoms with E-state index in [1.165, 1.54) is 0 Å². The Hall–Kier alpha value is -3.79. The number of benzene rings is 2. The van der Waals surface area contributed by atoms with E-state index < -0.39 is 27.1 Å². The molecule has 0 saturated carbocycles. The third-order valence-electron chi connectivity index (χ3n) is 4.09. The molecule has 0 aliphatic carbocycles. The van der Waals surface area contributed by atoms with Gasteiger partial charge in [-0.05, 0) is 18.6 Å². The van der Waals surface area contributed by atoms with Gasteiger partial charge in [0.15, 0.2) is 5.82 Å². The zero-order chi connectivity index (χ0) is 21.1. The first kappa shape index (κ1) is 20.0. The van der Waals surface area contributed by atoms with Crippen LogP contribution in [-0.2, 0) is 6.54 Å². The Labute approximate surface area is 169 Å². The van der Waals surface area contributed by atoms with Gasteiger partial charge in [0.1, 0.15) is 0 Å². The molecule has 1 aromatic heterocycles. The number of aromatic nitrogens is 2. The van der Waals surface area contributed by atoms with E-state index in [0.29, 0.717) is 11.6 Å². The fourth-order valence-corrected chi connectivity index (χ4v) is 2.84. The van der Waals surface area contributed by atoms with Crippen molar-refractivity contribution in [1.29, 1.82) is 0 Å². The van der Waals surface area contributed by atoms with Crippen molar-refractivity contribution in [2.45, 2.75) is 13.5 Å². The number of nitrogens with zero attached hydrogens (tertiary/aromatic N) is 4. The summed E-state index contributed by atoms with van der Waals surface area (Å²) in [5, 5.41) is 29.3. The second-order valence-corrected chi connectivity index (χ2v) is 6.53. The fourth-order valence-electron chi connectivity index (χ4n) is 2.64. The normalized spacial score (nSPS) is 10.6. The van der Waals surface area contributed by atoms with E-state index >= 15 is 0 Å². The molecule has 3 rings (SSSR count). The van der Waals surface area contributed by atoms with Gasteiger partial charge in [-0.3, -0.25) is 29.7 Å². The lowest BCUT2D eigenvalue weighted by molar-refractivity contribution is -0.394. The van der Waals surface area contributed by atoms with E-state index in [-0.39, 0.29) is 11.4 Å². The van der Waals surface area contributed by atoms with Crippen LogP contribution in [0.5, 0.6) is 0 Å². The van der Waals surface area contributed by atoms with Crippen LogP contribution in [0.1, 0.15) is 21.6 Å². The van der Waals surface area contributed by atoms with Crippen LogP contribution < -0.4 is 5.32 Å². The Morgan fingerprint density at radius 1 is 1.10 bits per heavy atom. The maximum Gasteiger partial charge on any atom is 0.277 e. The van der Waals surface area contributed by atoms with Crippen molar-refractivity contribution in [2.75, 3.05) is 5.32 Å². The summed E-state index contributed by atoms with van der Waals surface area (Å²) < 4.78 is 1.63. The Balaban J connectivity index is 1.84. The van der Waals surface area contributed by atoms with E-state index in [1.807, 2.05) is 18.2 Å². The van der Waals surface area contributed by atoms with Crippen molar-refractivity contribution < 1.29 is 14.6 Å². The van der Waals surface area contributed by atoms with Crippen LogP contribution in [0.3, 0.4) is 0 Å². The second-order valence-electron chi connectivity index (χ2n) is 6.13. The van der Waals surface area contributed by atoms with Crippen molar-refractivity contribution in [1.82, 2.24) is 9.78 Å². The Morgan fingerprint density at radius 3 is 2.31 bits per heavy atom. The largest absolute Gasteiger partial charge is 0.305 e. The molecular formula is C18H14ClN5O5. The summed E-state index contributed by atoms with van der Waals surface area (Å²) in [6.45, 7) is 2.17. The summed E-state index contributed by atoms with van der Waals surface area (Å²) in [6, 6.07) is 11.6. The standard InChI is InChI=1S/C18H14ClN5O5/c1-11-6-17(21-22(11)10-12-4-2-3-5-16(12)19)20-18(25)13-7-14(23(26)27)9-15(8-13)24(28)29/h2-9H,10H2,1H3,(H,20,21,25). The molecule has 0 spiro atoms. The number of non-ortho nitro benzene ring substituents is 2. The number of rotatable bonds is 6. The average molecular weight is 416 g/mol.